The minimum absolute atomic E-state index is 0.509. The number of aromatic nitrogens is 3. The molecular weight excluding hydrogens is 350 g/mol. The number of thioether (sulfide) groups is 1. The van der Waals surface area contributed by atoms with Gasteiger partial charge in [-0.25, -0.2) is 9.97 Å². The van der Waals surface area contributed by atoms with Crippen LogP contribution in [-0.2, 0) is 4.74 Å². The lowest BCUT2D eigenvalue weighted by Gasteiger charge is -2.14. The maximum atomic E-state index is 5.87. The van der Waals surface area contributed by atoms with E-state index in [-0.39, 0.29) is 0 Å². The lowest BCUT2D eigenvalue weighted by atomic mass is 10.2. The lowest BCUT2D eigenvalue weighted by Crippen LogP contribution is -2.09. The standard InChI is InChI=1S/C19H23N3O3S/c1-5-24-10-11-25-17-8-9-20-18(13(17)2)22-16-7-6-14(23-3)12-15(16)21-19(22)26-4/h6-9,12H,5,10-11H2,1-4H3. The molecule has 6 nitrogen and oxygen atoms in total. The van der Waals surface area contributed by atoms with E-state index in [0.29, 0.717) is 19.8 Å². The fourth-order valence-electron chi connectivity index (χ4n) is 2.75. The molecule has 0 amide bonds. The number of hydrogen-bond donors (Lipinski definition) is 0. The van der Waals surface area contributed by atoms with Gasteiger partial charge in [-0.1, -0.05) is 11.8 Å². The van der Waals surface area contributed by atoms with Crippen molar-refractivity contribution in [2.75, 3.05) is 33.2 Å². The number of benzene rings is 1. The Bertz CT molecular complexity index is 895. The smallest absolute Gasteiger partial charge is 0.174 e. The number of nitrogens with zero attached hydrogens (tertiary/aromatic N) is 3. The summed E-state index contributed by atoms with van der Waals surface area (Å²) in [5.41, 5.74) is 2.82. The first-order valence-corrected chi connectivity index (χ1v) is 9.69. The van der Waals surface area contributed by atoms with E-state index in [1.807, 2.05) is 44.4 Å². The first kappa shape index (κ1) is 18.5. The van der Waals surface area contributed by atoms with Gasteiger partial charge >= 0.3 is 0 Å². The molecule has 0 spiro atoms. The highest BCUT2D eigenvalue weighted by Gasteiger charge is 2.17. The van der Waals surface area contributed by atoms with E-state index in [4.69, 9.17) is 19.2 Å². The van der Waals surface area contributed by atoms with Gasteiger partial charge in [-0.15, -0.1) is 0 Å². The largest absolute Gasteiger partial charge is 0.497 e. The van der Waals surface area contributed by atoms with E-state index in [9.17, 15) is 0 Å². The van der Waals surface area contributed by atoms with Gasteiger partial charge in [0, 0.05) is 24.4 Å². The summed E-state index contributed by atoms with van der Waals surface area (Å²) in [6.45, 7) is 5.75. The Morgan fingerprint density at radius 2 is 2.04 bits per heavy atom. The molecule has 1 aromatic carbocycles. The molecule has 2 aromatic heterocycles. The third kappa shape index (κ3) is 3.64. The average molecular weight is 373 g/mol. The van der Waals surface area contributed by atoms with Crippen molar-refractivity contribution >= 4 is 22.8 Å². The van der Waals surface area contributed by atoms with Gasteiger partial charge in [-0.2, -0.15) is 0 Å². The Morgan fingerprint density at radius 3 is 2.77 bits per heavy atom. The topological polar surface area (TPSA) is 58.4 Å². The van der Waals surface area contributed by atoms with E-state index in [0.717, 1.165) is 39.1 Å². The van der Waals surface area contributed by atoms with Crippen LogP contribution in [-0.4, -0.2) is 47.7 Å². The molecule has 3 rings (SSSR count). The minimum atomic E-state index is 0.509. The van der Waals surface area contributed by atoms with Gasteiger partial charge in [0.05, 0.1) is 24.8 Å². The third-order valence-corrected chi connectivity index (χ3v) is 4.68. The van der Waals surface area contributed by atoms with Crippen LogP contribution in [0.5, 0.6) is 11.5 Å². The van der Waals surface area contributed by atoms with E-state index in [1.54, 1.807) is 25.1 Å². The molecule has 0 N–H and O–H groups in total. The van der Waals surface area contributed by atoms with Gasteiger partial charge in [0.15, 0.2) is 5.16 Å². The number of pyridine rings is 1. The summed E-state index contributed by atoms with van der Waals surface area (Å²) >= 11 is 1.58. The van der Waals surface area contributed by atoms with E-state index in [2.05, 4.69) is 9.55 Å². The van der Waals surface area contributed by atoms with Gasteiger partial charge in [-0.3, -0.25) is 4.57 Å². The summed E-state index contributed by atoms with van der Waals surface area (Å²) in [7, 11) is 1.66. The molecule has 0 unspecified atom stereocenters. The number of rotatable bonds is 8. The Kier molecular flexibility index (Phi) is 6.00. The lowest BCUT2D eigenvalue weighted by molar-refractivity contribution is 0.110. The van der Waals surface area contributed by atoms with Crippen molar-refractivity contribution in [2.24, 2.45) is 0 Å². The SMILES string of the molecule is CCOCCOc1ccnc(-n2c(SC)nc3cc(OC)ccc32)c1C. The Morgan fingerprint density at radius 1 is 1.19 bits per heavy atom. The second-order valence-electron chi connectivity index (χ2n) is 5.59. The Balaban J connectivity index is 2.03. The molecule has 7 heteroatoms. The van der Waals surface area contributed by atoms with Crippen LogP contribution in [0.25, 0.3) is 16.9 Å². The minimum Gasteiger partial charge on any atom is -0.497 e. The normalized spacial score (nSPS) is 11.1. The van der Waals surface area contributed by atoms with Crippen LogP contribution in [0, 0.1) is 6.92 Å². The number of methoxy groups -OCH3 is 1. The maximum absolute atomic E-state index is 5.87. The highest BCUT2D eigenvalue weighted by atomic mass is 32.2. The summed E-state index contributed by atoms with van der Waals surface area (Å²) in [5, 5.41) is 0.871. The maximum Gasteiger partial charge on any atom is 0.174 e. The van der Waals surface area contributed by atoms with Crippen LogP contribution in [0.3, 0.4) is 0 Å². The molecule has 0 radical (unpaired) electrons. The molecule has 26 heavy (non-hydrogen) atoms. The second-order valence-corrected chi connectivity index (χ2v) is 6.37. The Labute approximate surface area is 157 Å². The summed E-state index contributed by atoms with van der Waals surface area (Å²) in [6.07, 6.45) is 3.77. The van der Waals surface area contributed by atoms with Crippen molar-refractivity contribution in [1.82, 2.24) is 14.5 Å². The second kappa shape index (κ2) is 8.42. The molecule has 0 saturated heterocycles. The van der Waals surface area contributed by atoms with Gasteiger partial charge in [-0.05, 0) is 38.3 Å². The fraction of sp³-hybridized carbons (Fsp3) is 0.368. The van der Waals surface area contributed by atoms with Crippen molar-refractivity contribution in [1.29, 1.82) is 0 Å². The monoisotopic (exact) mass is 373 g/mol. The summed E-state index contributed by atoms with van der Waals surface area (Å²) in [6, 6.07) is 7.75. The molecule has 138 valence electrons. The van der Waals surface area contributed by atoms with Crippen molar-refractivity contribution in [2.45, 2.75) is 19.0 Å². The summed E-state index contributed by atoms with van der Waals surface area (Å²) in [5.74, 6) is 2.40. The molecule has 0 saturated carbocycles. The molecule has 0 aliphatic rings. The highest BCUT2D eigenvalue weighted by molar-refractivity contribution is 7.98. The highest BCUT2D eigenvalue weighted by Crippen LogP contribution is 2.31. The van der Waals surface area contributed by atoms with Gasteiger partial charge in [0.1, 0.15) is 23.9 Å². The van der Waals surface area contributed by atoms with Crippen molar-refractivity contribution < 1.29 is 14.2 Å². The molecule has 0 atom stereocenters. The first-order valence-electron chi connectivity index (χ1n) is 8.46. The van der Waals surface area contributed by atoms with Crippen LogP contribution >= 0.6 is 11.8 Å². The molecule has 2 heterocycles. The van der Waals surface area contributed by atoms with Gasteiger partial charge in [0.25, 0.3) is 0 Å². The van der Waals surface area contributed by atoms with E-state index in [1.165, 1.54) is 0 Å². The molecule has 3 aromatic rings. The van der Waals surface area contributed by atoms with Crippen LogP contribution in [0.1, 0.15) is 12.5 Å². The fourth-order valence-corrected chi connectivity index (χ4v) is 3.31. The van der Waals surface area contributed by atoms with E-state index < -0.39 is 0 Å². The molecule has 0 aliphatic heterocycles. The predicted molar refractivity (Wildman–Crippen MR) is 104 cm³/mol. The van der Waals surface area contributed by atoms with Gasteiger partial charge < -0.3 is 14.2 Å². The average Bonchev–Trinajstić information content (AvgIpc) is 3.03. The summed E-state index contributed by atoms with van der Waals surface area (Å²) in [4.78, 5) is 9.31. The number of ether oxygens (including phenoxy) is 3. The summed E-state index contributed by atoms with van der Waals surface area (Å²) < 4.78 is 18.6. The van der Waals surface area contributed by atoms with Crippen LogP contribution in [0.15, 0.2) is 35.6 Å². The Hall–Kier alpha value is -2.25. The molecular formula is C19H23N3O3S. The van der Waals surface area contributed by atoms with Crippen molar-refractivity contribution in [3.05, 3.63) is 36.0 Å². The van der Waals surface area contributed by atoms with Crippen LogP contribution in [0.2, 0.25) is 0 Å². The van der Waals surface area contributed by atoms with Crippen LogP contribution in [0.4, 0.5) is 0 Å². The number of fused-ring (bicyclic) bond motifs is 1. The van der Waals surface area contributed by atoms with Crippen molar-refractivity contribution in [3.8, 4) is 17.3 Å². The quantitative estimate of drug-likeness (QED) is 0.441. The number of imidazole rings is 1. The zero-order chi connectivity index (χ0) is 18.5. The zero-order valence-electron chi connectivity index (χ0n) is 15.5. The van der Waals surface area contributed by atoms with Gasteiger partial charge in [0.2, 0.25) is 0 Å². The zero-order valence-corrected chi connectivity index (χ0v) is 16.3. The van der Waals surface area contributed by atoms with Crippen molar-refractivity contribution in [3.63, 3.8) is 0 Å². The predicted octanol–water partition coefficient (Wildman–Crippen LogP) is 3.87. The van der Waals surface area contributed by atoms with Crippen LogP contribution < -0.4 is 9.47 Å². The molecule has 0 bridgehead atoms. The first-order chi connectivity index (χ1) is 12.7. The number of hydrogen-bond acceptors (Lipinski definition) is 6. The molecule has 0 aliphatic carbocycles. The third-order valence-electron chi connectivity index (χ3n) is 4.04. The molecule has 0 fully saturated rings. The van der Waals surface area contributed by atoms with E-state index >= 15 is 0 Å².